The molecule has 1 fully saturated rings. The van der Waals surface area contributed by atoms with Gasteiger partial charge in [-0.05, 0) is 31.9 Å². The fourth-order valence-electron chi connectivity index (χ4n) is 2.15. The van der Waals surface area contributed by atoms with E-state index in [4.69, 9.17) is 0 Å². The number of hydrogen-bond acceptors (Lipinski definition) is 3. The monoisotopic (exact) mass is 251 g/mol. The van der Waals surface area contributed by atoms with Gasteiger partial charge in [-0.15, -0.1) is 0 Å². The minimum Gasteiger partial charge on any atom is -0.390 e. The highest BCUT2D eigenvalue weighted by atomic mass is 19.1. The number of piperidine rings is 1. The highest BCUT2D eigenvalue weighted by Crippen LogP contribution is 2.21. The first-order chi connectivity index (χ1) is 8.46. The molecule has 1 aromatic carbocycles. The van der Waals surface area contributed by atoms with Gasteiger partial charge in [0.25, 0.3) is 0 Å². The van der Waals surface area contributed by atoms with Gasteiger partial charge in [0.2, 0.25) is 0 Å². The largest absolute Gasteiger partial charge is 0.390 e. The van der Waals surface area contributed by atoms with Crippen molar-refractivity contribution in [2.75, 3.05) is 19.6 Å². The lowest BCUT2D eigenvalue weighted by atomic mass is 9.93. The number of Topliss-reactive ketones (excluding diaryl/α,β-unsaturated/α-hetero) is 1. The molecule has 1 aromatic rings. The zero-order chi connectivity index (χ0) is 13.2. The predicted octanol–water partition coefficient (Wildman–Crippen LogP) is 1.86. The van der Waals surface area contributed by atoms with Gasteiger partial charge < -0.3 is 5.11 Å². The molecule has 4 heteroatoms. The summed E-state index contributed by atoms with van der Waals surface area (Å²) in [6.45, 7) is 3.51. The molecule has 0 unspecified atom stereocenters. The average Bonchev–Trinajstić information content (AvgIpc) is 2.32. The van der Waals surface area contributed by atoms with Crippen LogP contribution in [0.5, 0.6) is 0 Å². The third kappa shape index (κ3) is 3.37. The fourth-order valence-corrected chi connectivity index (χ4v) is 2.15. The molecule has 98 valence electrons. The number of halogens is 1. The van der Waals surface area contributed by atoms with Crippen molar-refractivity contribution < 1.29 is 14.3 Å². The number of aliphatic hydroxyl groups is 1. The van der Waals surface area contributed by atoms with Crippen LogP contribution in [0.3, 0.4) is 0 Å². The Morgan fingerprint density at radius 3 is 2.72 bits per heavy atom. The highest BCUT2D eigenvalue weighted by Gasteiger charge is 2.28. The molecule has 0 radical (unpaired) electrons. The number of rotatable bonds is 3. The number of nitrogens with zero attached hydrogens (tertiary/aromatic N) is 1. The van der Waals surface area contributed by atoms with Crippen LogP contribution in [0.15, 0.2) is 24.3 Å². The molecule has 1 saturated heterocycles. The molecule has 1 heterocycles. The Hall–Kier alpha value is -1.26. The summed E-state index contributed by atoms with van der Waals surface area (Å²) in [5.74, 6) is -0.460. The molecule has 1 aliphatic rings. The topological polar surface area (TPSA) is 40.5 Å². The summed E-state index contributed by atoms with van der Waals surface area (Å²) in [4.78, 5) is 14.0. The maximum absolute atomic E-state index is 13.0. The highest BCUT2D eigenvalue weighted by molar-refractivity contribution is 5.97. The van der Waals surface area contributed by atoms with Crippen molar-refractivity contribution in [3.8, 4) is 0 Å². The number of likely N-dealkylation sites (tertiary alicyclic amines) is 1. The van der Waals surface area contributed by atoms with E-state index in [1.54, 1.807) is 12.1 Å². The molecule has 0 amide bonds. The van der Waals surface area contributed by atoms with E-state index in [9.17, 15) is 14.3 Å². The fraction of sp³-hybridized carbons (Fsp3) is 0.500. The third-order valence-corrected chi connectivity index (χ3v) is 3.45. The van der Waals surface area contributed by atoms with Crippen LogP contribution in [-0.4, -0.2) is 41.0 Å². The van der Waals surface area contributed by atoms with Crippen LogP contribution in [0, 0.1) is 5.82 Å². The van der Waals surface area contributed by atoms with E-state index < -0.39 is 5.60 Å². The molecule has 1 N–H and O–H groups in total. The van der Waals surface area contributed by atoms with Crippen molar-refractivity contribution in [2.45, 2.75) is 25.4 Å². The summed E-state index contributed by atoms with van der Waals surface area (Å²) < 4.78 is 13.0. The second-order valence-corrected chi connectivity index (χ2v) is 5.21. The zero-order valence-electron chi connectivity index (χ0n) is 10.5. The Morgan fingerprint density at radius 2 is 2.11 bits per heavy atom. The van der Waals surface area contributed by atoms with Gasteiger partial charge >= 0.3 is 0 Å². The van der Waals surface area contributed by atoms with E-state index >= 15 is 0 Å². The molecule has 0 aromatic heterocycles. The van der Waals surface area contributed by atoms with E-state index in [0.29, 0.717) is 38.0 Å². The Bertz CT molecular complexity index is 435. The van der Waals surface area contributed by atoms with Gasteiger partial charge in [-0.25, -0.2) is 4.39 Å². The van der Waals surface area contributed by atoms with Crippen molar-refractivity contribution in [3.63, 3.8) is 0 Å². The lowest BCUT2D eigenvalue weighted by Gasteiger charge is -2.35. The van der Waals surface area contributed by atoms with E-state index in [1.807, 2.05) is 11.8 Å². The first kappa shape index (κ1) is 13.2. The Balaban J connectivity index is 1.93. The average molecular weight is 251 g/mol. The summed E-state index contributed by atoms with van der Waals surface area (Å²) in [7, 11) is 0. The van der Waals surface area contributed by atoms with Crippen LogP contribution >= 0.6 is 0 Å². The van der Waals surface area contributed by atoms with Crippen molar-refractivity contribution in [2.24, 2.45) is 0 Å². The molecule has 0 aliphatic carbocycles. The van der Waals surface area contributed by atoms with Crippen molar-refractivity contribution in [3.05, 3.63) is 35.6 Å². The predicted molar refractivity (Wildman–Crippen MR) is 67.0 cm³/mol. The SMILES string of the molecule is CC1(O)CCN(CC(=O)c2cccc(F)c2)CC1. The Labute approximate surface area is 106 Å². The van der Waals surface area contributed by atoms with Crippen LogP contribution in [0.2, 0.25) is 0 Å². The summed E-state index contributed by atoms with van der Waals surface area (Å²) >= 11 is 0. The van der Waals surface area contributed by atoms with Gasteiger partial charge in [0, 0.05) is 18.7 Å². The molecular weight excluding hydrogens is 233 g/mol. The Morgan fingerprint density at radius 1 is 1.44 bits per heavy atom. The maximum atomic E-state index is 13.0. The van der Waals surface area contributed by atoms with Crippen molar-refractivity contribution in [1.29, 1.82) is 0 Å². The van der Waals surface area contributed by atoms with E-state index in [1.165, 1.54) is 12.1 Å². The lowest BCUT2D eigenvalue weighted by molar-refractivity contribution is -0.00420. The van der Waals surface area contributed by atoms with Crippen LogP contribution in [0.4, 0.5) is 4.39 Å². The molecular formula is C14H18FNO2. The van der Waals surface area contributed by atoms with Crippen molar-refractivity contribution >= 4 is 5.78 Å². The smallest absolute Gasteiger partial charge is 0.176 e. The minimum atomic E-state index is -0.613. The summed E-state index contributed by atoms with van der Waals surface area (Å²) in [6, 6.07) is 5.77. The quantitative estimate of drug-likeness (QED) is 0.834. The van der Waals surface area contributed by atoms with Gasteiger partial charge in [0.05, 0.1) is 12.1 Å². The lowest BCUT2D eigenvalue weighted by Crippen LogP contribution is -2.44. The molecule has 3 nitrogen and oxygen atoms in total. The molecule has 0 spiro atoms. The van der Waals surface area contributed by atoms with Gasteiger partial charge in [-0.2, -0.15) is 0 Å². The maximum Gasteiger partial charge on any atom is 0.176 e. The van der Waals surface area contributed by atoms with Crippen LogP contribution < -0.4 is 0 Å². The molecule has 0 atom stereocenters. The van der Waals surface area contributed by atoms with Crippen molar-refractivity contribution in [1.82, 2.24) is 4.90 Å². The third-order valence-electron chi connectivity index (χ3n) is 3.45. The van der Waals surface area contributed by atoms with E-state index in [2.05, 4.69) is 0 Å². The van der Waals surface area contributed by atoms with Gasteiger partial charge in [-0.3, -0.25) is 9.69 Å². The normalized spacial score (nSPS) is 19.7. The number of carbonyl (C=O) groups excluding carboxylic acids is 1. The summed E-state index contributed by atoms with van der Waals surface area (Å²) in [6.07, 6.45) is 1.34. The number of benzene rings is 1. The minimum absolute atomic E-state index is 0.0731. The van der Waals surface area contributed by atoms with E-state index in [0.717, 1.165) is 0 Å². The Kier molecular flexibility index (Phi) is 3.78. The zero-order valence-corrected chi connectivity index (χ0v) is 10.5. The van der Waals surface area contributed by atoms with E-state index in [-0.39, 0.29) is 11.6 Å². The standard InChI is InChI=1S/C14H18FNO2/c1-14(18)5-7-16(8-6-14)10-13(17)11-3-2-4-12(15)9-11/h2-4,9,18H,5-8,10H2,1H3. The first-order valence-electron chi connectivity index (χ1n) is 6.20. The molecule has 0 bridgehead atoms. The molecule has 18 heavy (non-hydrogen) atoms. The second-order valence-electron chi connectivity index (χ2n) is 5.21. The number of hydrogen-bond donors (Lipinski definition) is 1. The second kappa shape index (κ2) is 5.16. The summed E-state index contributed by atoms with van der Waals surface area (Å²) in [5, 5.41) is 9.82. The first-order valence-corrected chi connectivity index (χ1v) is 6.20. The molecule has 0 saturated carbocycles. The van der Waals surface area contributed by atoms with Gasteiger partial charge in [-0.1, -0.05) is 12.1 Å². The summed E-state index contributed by atoms with van der Waals surface area (Å²) in [5.41, 5.74) is -0.203. The van der Waals surface area contributed by atoms with Crippen LogP contribution in [0.1, 0.15) is 30.1 Å². The molecule has 1 aliphatic heterocycles. The molecule has 2 rings (SSSR count). The van der Waals surface area contributed by atoms with Gasteiger partial charge in [0.1, 0.15) is 5.82 Å². The van der Waals surface area contributed by atoms with Gasteiger partial charge in [0.15, 0.2) is 5.78 Å². The number of ketones is 1. The number of carbonyl (C=O) groups is 1. The van der Waals surface area contributed by atoms with Crippen LogP contribution in [-0.2, 0) is 0 Å². The van der Waals surface area contributed by atoms with Crippen LogP contribution in [0.25, 0.3) is 0 Å².